The van der Waals surface area contributed by atoms with Crippen molar-refractivity contribution in [1.29, 1.82) is 0 Å². The maximum Gasteiger partial charge on any atom is 0.277 e. The van der Waals surface area contributed by atoms with Crippen molar-refractivity contribution in [2.75, 3.05) is 7.05 Å². The second-order valence-corrected chi connectivity index (χ2v) is 4.64. The van der Waals surface area contributed by atoms with E-state index in [1.54, 1.807) is 27.8 Å². The highest BCUT2D eigenvalue weighted by atomic mass is 16.2. The van der Waals surface area contributed by atoms with Gasteiger partial charge >= 0.3 is 0 Å². The summed E-state index contributed by atoms with van der Waals surface area (Å²) in [5, 5.41) is 12.8. The van der Waals surface area contributed by atoms with Gasteiger partial charge in [-0.3, -0.25) is 14.7 Å². The molecule has 0 atom stereocenters. The molecule has 1 amide bonds. The van der Waals surface area contributed by atoms with Crippen LogP contribution in [-0.2, 0) is 6.54 Å². The summed E-state index contributed by atoms with van der Waals surface area (Å²) in [5.74, 6) is 0.796. The molecule has 2 heterocycles. The molecule has 0 aliphatic carbocycles. The fourth-order valence-corrected chi connectivity index (χ4v) is 1.82. The molecule has 2 N–H and O–H groups in total. The van der Waals surface area contributed by atoms with Gasteiger partial charge in [-0.25, -0.2) is 10.1 Å². The molecule has 0 aromatic carbocycles. The summed E-state index contributed by atoms with van der Waals surface area (Å²) < 4.78 is 0. The first-order chi connectivity index (χ1) is 9.40. The lowest BCUT2D eigenvalue weighted by Gasteiger charge is -2.16. The first-order valence-corrected chi connectivity index (χ1v) is 6.09. The van der Waals surface area contributed by atoms with Gasteiger partial charge in [0, 0.05) is 7.05 Å². The Morgan fingerprint density at radius 1 is 1.20 bits per heavy atom. The summed E-state index contributed by atoms with van der Waals surface area (Å²) in [6, 6.07) is 0. The second kappa shape index (κ2) is 5.24. The summed E-state index contributed by atoms with van der Waals surface area (Å²) >= 11 is 0. The van der Waals surface area contributed by atoms with Crippen LogP contribution in [-0.4, -0.2) is 43.2 Å². The van der Waals surface area contributed by atoms with Crippen molar-refractivity contribution in [3.8, 4) is 0 Å². The topological polar surface area (TPSA) is 108 Å². The van der Waals surface area contributed by atoms with E-state index < -0.39 is 5.56 Å². The SMILES string of the molecule is Cc1nc(CN(C)C(=O)c2c(C)c(C)n[nH]c2=O)n[nH]1. The van der Waals surface area contributed by atoms with Crippen molar-refractivity contribution in [3.63, 3.8) is 0 Å². The number of aromatic nitrogens is 5. The number of aromatic amines is 2. The van der Waals surface area contributed by atoms with Gasteiger partial charge in [0.25, 0.3) is 11.5 Å². The Labute approximate surface area is 115 Å². The Morgan fingerprint density at radius 2 is 1.90 bits per heavy atom. The van der Waals surface area contributed by atoms with E-state index in [0.29, 0.717) is 22.9 Å². The summed E-state index contributed by atoms with van der Waals surface area (Å²) in [6.45, 7) is 5.44. The smallest absolute Gasteiger partial charge is 0.277 e. The molecule has 0 bridgehead atoms. The third-order valence-electron chi connectivity index (χ3n) is 3.05. The van der Waals surface area contributed by atoms with Gasteiger partial charge in [0.15, 0.2) is 5.82 Å². The van der Waals surface area contributed by atoms with Crippen molar-refractivity contribution in [2.24, 2.45) is 0 Å². The lowest BCUT2D eigenvalue weighted by Crippen LogP contribution is -2.33. The minimum atomic E-state index is -0.490. The standard InChI is InChI=1S/C12H16N6O2/c1-6-7(2)14-17-11(19)10(6)12(20)18(4)5-9-13-8(3)15-16-9/h5H2,1-4H3,(H,17,19)(H,13,15,16). The number of nitrogens with zero attached hydrogens (tertiary/aromatic N) is 4. The van der Waals surface area contributed by atoms with Gasteiger partial charge in [-0.05, 0) is 26.3 Å². The summed E-state index contributed by atoms with van der Waals surface area (Å²) in [6.07, 6.45) is 0. The van der Waals surface area contributed by atoms with Crippen molar-refractivity contribution in [3.05, 3.63) is 38.8 Å². The maximum atomic E-state index is 12.4. The van der Waals surface area contributed by atoms with Crippen molar-refractivity contribution in [1.82, 2.24) is 30.3 Å². The molecule has 106 valence electrons. The summed E-state index contributed by atoms with van der Waals surface area (Å²) in [7, 11) is 1.60. The van der Waals surface area contributed by atoms with Gasteiger partial charge in [0.2, 0.25) is 0 Å². The molecule has 2 aromatic heterocycles. The van der Waals surface area contributed by atoms with Gasteiger partial charge < -0.3 is 4.90 Å². The van der Waals surface area contributed by atoms with Gasteiger partial charge in [0.05, 0.1) is 12.2 Å². The highest BCUT2D eigenvalue weighted by Crippen LogP contribution is 2.09. The molecule has 0 spiro atoms. The number of aryl methyl sites for hydroxylation is 2. The Morgan fingerprint density at radius 3 is 2.50 bits per heavy atom. The zero-order valence-corrected chi connectivity index (χ0v) is 11.8. The minimum absolute atomic E-state index is 0.104. The molecule has 0 unspecified atom stereocenters. The molecule has 0 radical (unpaired) electrons. The average Bonchev–Trinajstić information content (AvgIpc) is 2.79. The molecule has 2 aromatic rings. The molecule has 2 rings (SSSR count). The van der Waals surface area contributed by atoms with Crippen LogP contribution in [0.2, 0.25) is 0 Å². The van der Waals surface area contributed by atoms with Gasteiger partial charge in [0.1, 0.15) is 11.4 Å². The maximum absolute atomic E-state index is 12.4. The largest absolute Gasteiger partial charge is 0.334 e. The highest BCUT2D eigenvalue weighted by Gasteiger charge is 2.20. The van der Waals surface area contributed by atoms with E-state index in [-0.39, 0.29) is 18.0 Å². The van der Waals surface area contributed by atoms with Crippen LogP contribution in [0.3, 0.4) is 0 Å². The number of amides is 1. The lowest BCUT2D eigenvalue weighted by molar-refractivity contribution is 0.0778. The Hall–Kier alpha value is -2.51. The quantitative estimate of drug-likeness (QED) is 0.825. The molecule has 0 saturated carbocycles. The molecule has 20 heavy (non-hydrogen) atoms. The zero-order chi connectivity index (χ0) is 14.9. The van der Waals surface area contributed by atoms with E-state index in [1.165, 1.54) is 4.90 Å². The minimum Gasteiger partial charge on any atom is -0.334 e. The van der Waals surface area contributed by atoms with Gasteiger partial charge in [-0.2, -0.15) is 10.2 Å². The number of hydrogen-bond acceptors (Lipinski definition) is 5. The molecule has 8 nitrogen and oxygen atoms in total. The number of H-pyrrole nitrogens is 2. The predicted octanol–water partition coefficient (Wildman–Crippen LogP) is 0.0855. The number of hydrogen-bond donors (Lipinski definition) is 2. The highest BCUT2D eigenvalue weighted by molar-refractivity contribution is 5.95. The Balaban J connectivity index is 2.27. The Bertz CT molecular complexity index is 702. The summed E-state index contributed by atoms with van der Waals surface area (Å²) in [4.78, 5) is 29.7. The molecular weight excluding hydrogens is 260 g/mol. The van der Waals surface area contributed by atoms with Crippen molar-refractivity contribution < 1.29 is 4.79 Å². The second-order valence-electron chi connectivity index (χ2n) is 4.64. The van der Waals surface area contributed by atoms with Crippen LogP contribution < -0.4 is 5.56 Å². The van der Waals surface area contributed by atoms with Gasteiger partial charge in [-0.1, -0.05) is 0 Å². The van der Waals surface area contributed by atoms with Crippen LogP contribution in [0, 0.1) is 20.8 Å². The average molecular weight is 276 g/mol. The number of carbonyl (C=O) groups is 1. The molecule has 0 aliphatic heterocycles. The van der Waals surface area contributed by atoms with Crippen molar-refractivity contribution >= 4 is 5.91 Å². The molecule has 0 saturated heterocycles. The van der Waals surface area contributed by atoms with Gasteiger partial charge in [-0.15, -0.1) is 0 Å². The third-order valence-corrected chi connectivity index (χ3v) is 3.05. The monoisotopic (exact) mass is 276 g/mol. The van der Waals surface area contributed by atoms with E-state index in [0.717, 1.165) is 0 Å². The fraction of sp³-hybridized carbons (Fsp3) is 0.417. The van der Waals surface area contributed by atoms with E-state index >= 15 is 0 Å². The van der Waals surface area contributed by atoms with E-state index in [4.69, 9.17) is 0 Å². The van der Waals surface area contributed by atoms with E-state index in [2.05, 4.69) is 25.4 Å². The van der Waals surface area contributed by atoms with Crippen LogP contribution >= 0.6 is 0 Å². The van der Waals surface area contributed by atoms with E-state index in [1.807, 2.05) is 0 Å². The van der Waals surface area contributed by atoms with E-state index in [9.17, 15) is 9.59 Å². The molecule has 0 aliphatic rings. The molecule has 0 fully saturated rings. The first kappa shape index (κ1) is 13.9. The van der Waals surface area contributed by atoms with Crippen LogP contribution in [0.5, 0.6) is 0 Å². The summed E-state index contributed by atoms with van der Waals surface area (Å²) in [5.41, 5.74) is 0.815. The molecule has 8 heteroatoms. The zero-order valence-electron chi connectivity index (χ0n) is 11.8. The van der Waals surface area contributed by atoms with Crippen LogP contribution in [0.4, 0.5) is 0 Å². The number of nitrogens with one attached hydrogen (secondary N) is 2. The predicted molar refractivity (Wildman–Crippen MR) is 71.2 cm³/mol. The Kier molecular flexibility index (Phi) is 3.64. The number of carbonyl (C=O) groups excluding carboxylic acids is 1. The molecular formula is C12H16N6O2. The van der Waals surface area contributed by atoms with Crippen LogP contribution in [0.1, 0.15) is 33.3 Å². The fourth-order valence-electron chi connectivity index (χ4n) is 1.82. The van der Waals surface area contributed by atoms with Crippen LogP contribution in [0.15, 0.2) is 4.79 Å². The van der Waals surface area contributed by atoms with Crippen LogP contribution in [0.25, 0.3) is 0 Å². The first-order valence-electron chi connectivity index (χ1n) is 6.09. The lowest BCUT2D eigenvalue weighted by atomic mass is 10.1. The number of rotatable bonds is 3. The third kappa shape index (κ3) is 2.58. The normalized spacial score (nSPS) is 10.6. The van der Waals surface area contributed by atoms with Crippen molar-refractivity contribution in [2.45, 2.75) is 27.3 Å².